The lowest BCUT2D eigenvalue weighted by Crippen LogP contribution is -1.91. The van der Waals surface area contributed by atoms with Gasteiger partial charge in [-0.3, -0.25) is 0 Å². The Hall–Kier alpha value is -4.06. The highest BCUT2D eigenvalue weighted by molar-refractivity contribution is 5.93. The van der Waals surface area contributed by atoms with E-state index in [2.05, 4.69) is 0 Å². The first-order chi connectivity index (χ1) is 13.5. The minimum absolute atomic E-state index is 0.0371. The Morgan fingerprint density at radius 2 is 1.00 bits per heavy atom. The Bertz CT molecular complexity index is 1080. The second-order valence-electron chi connectivity index (χ2n) is 6.25. The van der Waals surface area contributed by atoms with Crippen LogP contribution in [0.5, 0.6) is 34.5 Å². The van der Waals surface area contributed by atoms with Gasteiger partial charge in [-0.2, -0.15) is 0 Å². The second kappa shape index (κ2) is 6.92. The summed E-state index contributed by atoms with van der Waals surface area (Å²) in [6, 6.07) is 20.6. The minimum atomic E-state index is -0.0371. The molecule has 28 heavy (non-hydrogen) atoms. The Labute approximate surface area is 161 Å². The van der Waals surface area contributed by atoms with Crippen LogP contribution in [-0.4, -0.2) is 10.2 Å². The Balaban J connectivity index is 1.71. The second-order valence-corrected chi connectivity index (χ2v) is 6.25. The van der Waals surface area contributed by atoms with Crippen LogP contribution >= 0.6 is 0 Å². The van der Waals surface area contributed by atoms with Crippen molar-refractivity contribution in [1.82, 2.24) is 0 Å². The molecule has 6 heteroatoms. The van der Waals surface area contributed by atoms with Crippen LogP contribution in [-0.2, 0) is 0 Å². The molecule has 6 N–H and O–H groups in total. The van der Waals surface area contributed by atoms with E-state index in [4.69, 9.17) is 20.9 Å². The molecule has 4 aromatic rings. The molecule has 4 aromatic carbocycles. The first kappa shape index (κ1) is 17.4. The van der Waals surface area contributed by atoms with Crippen molar-refractivity contribution in [2.24, 2.45) is 0 Å². The van der Waals surface area contributed by atoms with Gasteiger partial charge in [0.2, 0.25) is 0 Å². The van der Waals surface area contributed by atoms with E-state index in [1.807, 2.05) is 36.4 Å². The number of nitrogens with two attached hydrogens (primary N) is 2. The molecule has 4 rings (SSSR count). The summed E-state index contributed by atoms with van der Waals surface area (Å²) in [4.78, 5) is 0. The van der Waals surface area contributed by atoms with Gasteiger partial charge in [0, 0.05) is 22.9 Å². The number of rotatable bonds is 4. The summed E-state index contributed by atoms with van der Waals surface area (Å²) in [5, 5.41) is 21.2. The van der Waals surface area contributed by atoms with E-state index >= 15 is 0 Å². The van der Waals surface area contributed by atoms with E-state index < -0.39 is 0 Å². The van der Waals surface area contributed by atoms with Crippen LogP contribution in [0, 0.1) is 0 Å². The van der Waals surface area contributed by atoms with Crippen molar-refractivity contribution < 1.29 is 19.7 Å². The first-order valence-corrected chi connectivity index (χ1v) is 8.56. The van der Waals surface area contributed by atoms with E-state index in [-0.39, 0.29) is 22.9 Å². The van der Waals surface area contributed by atoms with Crippen molar-refractivity contribution in [1.29, 1.82) is 0 Å². The number of phenolic OH excluding ortho intramolecular Hbond substituents is 2. The highest BCUT2D eigenvalue weighted by atomic mass is 16.5. The summed E-state index contributed by atoms with van der Waals surface area (Å²) in [7, 11) is 0. The minimum Gasteiger partial charge on any atom is -0.506 e. The van der Waals surface area contributed by atoms with Gasteiger partial charge in [0.1, 0.15) is 34.5 Å². The normalized spacial score (nSPS) is 10.7. The fraction of sp³-hybridized carbons (Fsp3) is 0. The number of anilines is 2. The predicted molar refractivity (Wildman–Crippen MR) is 109 cm³/mol. The van der Waals surface area contributed by atoms with E-state index in [1.165, 1.54) is 12.1 Å². The third-order valence-corrected chi connectivity index (χ3v) is 4.30. The van der Waals surface area contributed by atoms with E-state index in [9.17, 15) is 10.2 Å². The Morgan fingerprint density at radius 1 is 0.571 bits per heavy atom. The molecule has 0 unspecified atom stereocenters. The van der Waals surface area contributed by atoms with Crippen molar-refractivity contribution in [2.75, 3.05) is 11.5 Å². The van der Waals surface area contributed by atoms with E-state index in [0.717, 1.165) is 10.8 Å². The Morgan fingerprint density at radius 3 is 1.39 bits per heavy atom. The van der Waals surface area contributed by atoms with Crippen LogP contribution in [0.4, 0.5) is 11.4 Å². The molecule has 0 atom stereocenters. The summed E-state index contributed by atoms with van der Waals surface area (Å²) in [5.41, 5.74) is 11.8. The zero-order valence-corrected chi connectivity index (χ0v) is 14.8. The third-order valence-electron chi connectivity index (χ3n) is 4.30. The average Bonchev–Trinajstić information content (AvgIpc) is 2.68. The van der Waals surface area contributed by atoms with Gasteiger partial charge in [-0.25, -0.2) is 0 Å². The molecular weight excluding hydrogens is 356 g/mol. The van der Waals surface area contributed by atoms with Crippen LogP contribution in [0.25, 0.3) is 10.8 Å². The number of hydrogen-bond donors (Lipinski definition) is 4. The maximum Gasteiger partial charge on any atom is 0.142 e. The maximum atomic E-state index is 9.79. The van der Waals surface area contributed by atoms with Gasteiger partial charge in [-0.1, -0.05) is 24.3 Å². The zero-order chi connectivity index (χ0) is 19.7. The van der Waals surface area contributed by atoms with Crippen LogP contribution in [0.15, 0.2) is 72.8 Å². The monoisotopic (exact) mass is 374 g/mol. The number of hydrogen-bond acceptors (Lipinski definition) is 6. The lowest BCUT2D eigenvalue weighted by atomic mass is 10.1. The third kappa shape index (κ3) is 3.31. The van der Waals surface area contributed by atoms with Gasteiger partial charge in [0.05, 0.1) is 11.4 Å². The summed E-state index contributed by atoms with van der Waals surface area (Å²) in [6.45, 7) is 0. The Kier molecular flexibility index (Phi) is 4.29. The van der Waals surface area contributed by atoms with Gasteiger partial charge in [0.15, 0.2) is 0 Å². The van der Waals surface area contributed by atoms with Crippen molar-refractivity contribution in [3.8, 4) is 34.5 Å². The predicted octanol–water partition coefficient (Wildman–Crippen LogP) is 5.00. The molecule has 140 valence electrons. The highest BCUT2D eigenvalue weighted by Crippen LogP contribution is 2.38. The maximum absolute atomic E-state index is 9.79. The fourth-order valence-electron chi connectivity index (χ4n) is 2.86. The molecule has 0 fully saturated rings. The number of fused-ring (bicyclic) bond motifs is 1. The smallest absolute Gasteiger partial charge is 0.142 e. The molecule has 0 aromatic heterocycles. The molecule has 0 amide bonds. The molecule has 0 heterocycles. The summed E-state index contributed by atoms with van der Waals surface area (Å²) < 4.78 is 11.9. The molecule has 0 spiro atoms. The van der Waals surface area contributed by atoms with Crippen LogP contribution < -0.4 is 20.9 Å². The van der Waals surface area contributed by atoms with Crippen LogP contribution in [0.1, 0.15) is 0 Å². The van der Waals surface area contributed by atoms with Crippen LogP contribution in [0.2, 0.25) is 0 Å². The highest BCUT2D eigenvalue weighted by Gasteiger charge is 2.10. The summed E-state index contributed by atoms with van der Waals surface area (Å²) in [6.07, 6.45) is 0. The number of phenols is 2. The lowest BCUT2D eigenvalue weighted by molar-refractivity contribution is 0.456. The van der Waals surface area contributed by atoms with E-state index in [0.29, 0.717) is 23.0 Å². The first-order valence-electron chi connectivity index (χ1n) is 8.56. The van der Waals surface area contributed by atoms with E-state index in [1.54, 1.807) is 24.3 Å². The SMILES string of the molecule is Nc1ccc(Oc2cccc3c(Oc4ccc(N)c(O)c4)cccc23)cc1O. The molecule has 0 aliphatic heterocycles. The quantitative estimate of drug-likeness (QED) is 0.295. The van der Waals surface area contributed by atoms with Gasteiger partial charge in [0.25, 0.3) is 0 Å². The van der Waals surface area contributed by atoms with Gasteiger partial charge >= 0.3 is 0 Å². The zero-order valence-electron chi connectivity index (χ0n) is 14.8. The molecule has 0 aliphatic carbocycles. The van der Waals surface area contributed by atoms with Gasteiger partial charge in [-0.05, 0) is 36.4 Å². The van der Waals surface area contributed by atoms with Crippen molar-refractivity contribution in [3.05, 3.63) is 72.8 Å². The molecule has 0 bridgehead atoms. The van der Waals surface area contributed by atoms with Crippen LogP contribution in [0.3, 0.4) is 0 Å². The number of nitrogen functional groups attached to an aromatic ring is 2. The summed E-state index contributed by atoms with van der Waals surface area (Å²) >= 11 is 0. The van der Waals surface area contributed by atoms with Crippen molar-refractivity contribution in [3.63, 3.8) is 0 Å². The summed E-state index contributed by atoms with van der Waals surface area (Å²) in [5.74, 6) is 2.07. The standard InChI is InChI=1S/C22H18N2O4/c23-17-9-7-13(11-19(17)25)27-21-5-1-3-15-16(21)4-2-6-22(15)28-14-8-10-18(24)20(26)12-14/h1-12,25-26H,23-24H2. The fourth-order valence-corrected chi connectivity index (χ4v) is 2.86. The largest absolute Gasteiger partial charge is 0.506 e. The van der Waals surface area contributed by atoms with Crippen molar-refractivity contribution >= 4 is 22.1 Å². The average molecular weight is 374 g/mol. The molecule has 0 saturated heterocycles. The van der Waals surface area contributed by atoms with Crippen molar-refractivity contribution in [2.45, 2.75) is 0 Å². The van der Waals surface area contributed by atoms with Gasteiger partial charge < -0.3 is 31.2 Å². The topological polar surface area (TPSA) is 111 Å². The molecule has 6 nitrogen and oxygen atoms in total. The number of benzene rings is 4. The number of ether oxygens (including phenoxy) is 2. The molecule has 0 saturated carbocycles. The number of aromatic hydroxyl groups is 2. The molecule has 0 aliphatic rings. The lowest BCUT2D eigenvalue weighted by Gasteiger charge is -2.13. The molecular formula is C22H18N2O4. The molecule has 0 radical (unpaired) electrons. The van der Waals surface area contributed by atoms with Gasteiger partial charge in [-0.15, -0.1) is 0 Å².